The van der Waals surface area contributed by atoms with E-state index in [-0.39, 0.29) is 17.8 Å². The molecule has 1 unspecified atom stereocenters. The highest BCUT2D eigenvalue weighted by atomic mass is 32.2. The van der Waals surface area contributed by atoms with Crippen molar-refractivity contribution in [3.8, 4) is 11.6 Å². The first-order chi connectivity index (χ1) is 13.0. The average molecular weight is 394 g/mol. The van der Waals surface area contributed by atoms with Crippen molar-refractivity contribution in [2.75, 3.05) is 38.5 Å². The molecule has 27 heavy (non-hydrogen) atoms. The third-order valence-electron chi connectivity index (χ3n) is 4.28. The molecular formula is C18H27N5O3S. The zero-order valence-electron chi connectivity index (χ0n) is 16.1. The van der Waals surface area contributed by atoms with Crippen LogP contribution in [0.1, 0.15) is 13.8 Å². The molecule has 8 nitrogen and oxygen atoms in total. The largest absolute Gasteiger partial charge is 0.461 e. The number of hydrogen-bond acceptors (Lipinski definition) is 7. The van der Waals surface area contributed by atoms with Crippen molar-refractivity contribution in [3.63, 3.8) is 0 Å². The molecule has 0 bridgehead atoms. The average Bonchev–Trinajstić information content (AvgIpc) is 3.27. The number of carbonyl (C=O) groups excluding carboxylic acids is 1. The Balaban J connectivity index is 1.42. The van der Waals surface area contributed by atoms with Crippen LogP contribution < -0.4 is 5.32 Å². The maximum atomic E-state index is 12.2. The second-order valence-corrected chi connectivity index (χ2v) is 8.02. The standard InChI is InChI=1S/C18H27N5O3S/c1-13(2)10-23-6-8-25-14(11-23)9-19-16(24)12-27-18-21-20-17(22(18)3)15-5-4-7-26-15/h4-5,7,13-14H,6,8-12H2,1-3H3,(H,19,24). The number of aromatic nitrogens is 3. The summed E-state index contributed by atoms with van der Waals surface area (Å²) in [7, 11) is 1.86. The maximum Gasteiger partial charge on any atom is 0.230 e. The van der Waals surface area contributed by atoms with Gasteiger partial charge >= 0.3 is 0 Å². The van der Waals surface area contributed by atoms with Gasteiger partial charge in [0.15, 0.2) is 16.7 Å². The van der Waals surface area contributed by atoms with E-state index in [1.807, 2.05) is 17.7 Å². The summed E-state index contributed by atoms with van der Waals surface area (Å²) in [4.78, 5) is 14.6. The zero-order valence-corrected chi connectivity index (χ0v) is 16.9. The quantitative estimate of drug-likeness (QED) is 0.683. The Labute approximate surface area is 163 Å². The van der Waals surface area contributed by atoms with E-state index >= 15 is 0 Å². The van der Waals surface area contributed by atoms with Crippen LogP contribution in [0, 0.1) is 5.92 Å². The van der Waals surface area contributed by atoms with Gasteiger partial charge in [0, 0.05) is 33.2 Å². The number of carbonyl (C=O) groups is 1. The highest BCUT2D eigenvalue weighted by Crippen LogP contribution is 2.22. The molecule has 3 heterocycles. The van der Waals surface area contributed by atoms with Gasteiger partial charge in [-0.25, -0.2) is 0 Å². The van der Waals surface area contributed by atoms with Crippen LogP contribution in [-0.4, -0.2) is 70.2 Å². The first kappa shape index (κ1) is 19.9. The van der Waals surface area contributed by atoms with Crippen LogP contribution in [0.5, 0.6) is 0 Å². The van der Waals surface area contributed by atoms with E-state index in [2.05, 4.69) is 34.3 Å². The van der Waals surface area contributed by atoms with Crippen LogP contribution in [0.3, 0.4) is 0 Å². The summed E-state index contributed by atoms with van der Waals surface area (Å²) in [5.41, 5.74) is 0. The zero-order chi connectivity index (χ0) is 19.2. The number of thioether (sulfide) groups is 1. The van der Waals surface area contributed by atoms with Crippen LogP contribution in [0.2, 0.25) is 0 Å². The monoisotopic (exact) mass is 393 g/mol. The topological polar surface area (TPSA) is 85.4 Å². The lowest BCUT2D eigenvalue weighted by atomic mass is 10.2. The van der Waals surface area contributed by atoms with Crippen LogP contribution in [0.4, 0.5) is 0 Å². The van der Waals surface area contributed by atoms with E-state index < -0.39 is 0 Å². The van der Waals surface area contributed by atoms with Crippen molar-refractivity contribution in [2.24, 2.45) is 13.0 Å². The Bertz CT molecular complexity index is 731. The smallest absolute Gasteiger partial charge is 0.230 e. The Morgan fingerprint density at radius 3 is 3.04 bits per heavy atom. The van der Waals surface area contributed by atoms with Crippen LogP contribution in [-0.2, 0) is 16.6 Å². The van der Waals surface area contributed by atoms with E-state index in [0.717, 1.165) is 26.2 Å². The van der Waals surface area contributed by atoms with E-state index in [9.17, 15) is 4.79 Å². The molecule has 2 aromatic rings. The number of morpholine rings is 1. The molecule has 2 aromatic heterocycles. The van der Waals surface area contributed by atoms with E-state index in [0.29, 0.717) is 29.2 Å². The van der Waals surface area contributed by atoms with Gasteiger partial charge in [0.2, 0.25) is 5.91 Å². The van der Waals surface area contributed by atoms with Gasteiger partial charge in [-0.3, -0.25) is 9.69 Å². The van der Waals surface area contributed by atoms with E-state index in [1.54, 1.807) is 12.3 Å². The fourth-order valence-corrected chi connectivity index (χ4v) is 3.80. The Morgan fingerprint density at radius 2 is 2.30 bits per heavy atom. The van der Waals surface area contributed by atoms with Gasteiger partial charge in [0.05, 0.1) is 24.7 Å². The van der Waals surface area contributed by atoms with Gasteiger partial charge in [0.1, 0.15) is 0 Å². The minimum atomic E-state index is -0.0351. The Kier molecular flexibility index (Phi) is 6.92. The highest BCUT2D eigenvalue weighted by molar-refractivity contribution is 7.99. The Morgan fingerprint density at radius 1 is 1.44 bits per heavy atom. The normalized spacial score (nSPS) is 18.1. The molecule has 1 aliphatic heterocycles. The fourth-order valence-electron chi connectivity index (χ4n) is 3.06. The van der Waals surface area contributed by atoms with Crippen molar-refractivity contribution < 1.29 is 13.9 Å². The molecule has 0 saturated carbocycles. The summed E-state index contributed by atoms with van der Waals surface area (Å²) in [5.74, 6) is 2.18. The van der Waals surface area contributed by atoms with Gasteiger partial charge in [-0.2, -0.15) is 0 Å². The molecule has 1 fully saturated rings. The third kappa shape index (κ3) is 5.57. The van der Waals surface area contributed by atoms with Crippen LogP contribution >= 0.6 is 11.8 Å². The lowest BCUT2D eigenvalue weighted by Crippen LogP contribution is -2.48. The third-order valence-corrected chi connectivity index (χ3v) is 5.30. The summed E-state index contributed by atoms with van der Waals surface area (Å²) in [6, 6.07) is 3.64. The number of amides is 1. The maximum absolute atomic E-state index is 12.2. The lowest BCUT2D eigenvalue weighted by Gasteiger charge is -2.33. The number of hydrogen-bond donors (Lipinski definition) is 1. The minimum absolute atomic E-state index is 0.0351. The molecule has 1 atom stereocenters. The highest BCUT2D eigenvalue weighted by Gasteiger charge is 2.21. The SMILES string of the molecule is CC(C)CN1CCOC(CNC(=O)CSc2nnc(-c3ccco3)n2C)C1. The second-order valence-electron chi connectivity index (χ2n) is 7.08. The summed E-state index contributed by atoms with van der Waals surface area (Å²) in [6.07, 6.45) is 1.65. The summed E-state index contributed by atoms with van der Waals surface area (Å²) < 4.78 is 12.9. The number of ether oxygens (including phenoxy) is 1. The summed E-state index contributed by atoms with van der Waals surface area (Å²) in [5, 5.41) is 11.9. The van der Waals surface area contributed by atoms with Crippen LogP contribution in [0.15, 0.2) is 28.0 Å². The van der Waals surface area contributed by atoms with E-state index in [4.69, 9.17) is 9.15 Å². The molecule has 148 valence electrons. The first-order valence-electron chi connectivity index (χ1n) is 9.19. The van der Waals surface area contributed by atoms with Gasteiger partial charge < -0.3 is 19.0 Å². The predicted molar refractivity (Wildman–Crippen MR) is 103 cm³/mol. The van der Waals surface area contributed by atoms with Crippen molar-refractivity contribution in [2.45, 2.75) is 25.1 Å². The van der Waals surface area contributed by atoms with E-state index in [1.165, 1.54) is 11.8 Å². The fraction of sp³-hybridized carbons (Fsp3) is 0.611. The summed E-state index contributed by atoms with van der Waals surface area (Å²) in [6.45, 7) is 8.57. The van der Waals surface area contributed by atoms with Crippen molar-refractivity contribution in [3.05, 3.63) is 18.4 Å². The second kappa shape index (κ2) is 9.38. The number of rotatable bonds is 8. The molecule has 0 aromatic carbocycles. The lowest BCUT2D eigenvalue weighted by molar-refractivity contribution is -0.119. The van der Waals surface area contributed by atoms with Crippen molar-refractivity contribution in [1.82, 2.24) is 25.0 Å². The predicted octanol–water partition coefficient (Wildman–Crippen LogP) is 1.64. The van der Waals surface area contributed by atoms with Gasteiger partial charge in [-0.1, -0.05) is 25.6 Å². The van der Waals surface area contributed by atoms with Crippen molar-refractivity contribution in [1.29, 1.82) is 0 Å². The Hall–Kier alpha value is -1.84. The number of nitrogens with one attached hydrogen (secondary N) is 1. The molecule has 9 heteroatoms. The minimum Gasteiger partial charge on any atom is -0.461 e. The molecule has 0 spiro atoms. The van der Waals surface area contributed by atoms with Gasteiger partial charge in [-0.15, -0.1) is 10.2 Å². The molecule has 1 N–H and O–H groups in total. The molecular weight excluding hydrogens is 366 g/mol. The first-order valence-corrected chi connectivity index (χ1v) is 10.2. The molecule has 0 aliphatic carbocycles. The molecule has 1 amide bonds. The number of nitrogens with zero attached hydrogens (tertiary/aromatic N) is 4. The summed E-state index contributed by atoms with van der Waals surface area (Å²) >= 11 is 1.35. The molecule has 3 rings (SSSR count). The molecule has 1 aliphatic rings. The van der Waals surface area contributed by atoms with Crippen LogP contribution in [0.25, 0.3) is 11.6 Å². The van der Waals surface area contributed by atoms with Crippen molar-refractivity contribution >= 4 is 17.7 Å². The van der Waals surface area contributed by atoms with Gasteiger partial charge in [-0.05, 0) is 18.1 Å². The molecule has 1 saturated heterocycles. The van der Waals surface area contributed by atoms with Gasteiger partial charge in [0.25, 0.3) is 0 Å². The molecule has 0 radical (unpaired) electrons. The number of furan rings is 1.